The van der Waals surface area contributed by atoms with E-state index in [4.69, 9.17) is 4.74 Å². The number of hydrogen-bond acceptors (Lipinski definition) is 3. The van der Waals surface area contributed by atoms with E-state index in [1.165, 1.54) is 5.56 Å². The topological polar surface area (TPSA) is 32.7 Å². The summed E-state index contributed by atoms with van der Waals surface area (Å²) in [6.07, 6.45) is 0.425. The van der Waals surface area contributed by atoms with Crippen LogP contribution in [0.3, 0.4) is 0 Å². The van der Waals surface area contributed by atoms with Crippen molar-refractivity contribution in [2.24, 2.45) is 0 Å². The normalized spacial score (nSPS) is 22.9. The molecule has 0 bridgehead atoms. The minimum Gasteiger partial charge on any atom is -0.388 e. The van der Waals surface area contributed by atoms with Crippen molar-refractivity contribution in [3.8, 4) is 0 Å². The average Bonchev–Trinajstić information content (AvgIpc) is 2.38. The van der Waals surface area contributed by atoms with E-state index in [2.05, 4.69) is 30.9 Å². The van der Waals surface area contributed by atoms with Crippen LogP contribution in [0.5, 0.6) is 0 Å². The maximum Gasteiger partial charge on any atom is 0.0802 e. The molecule has 2 unspecified atom stereocenters. The lowest BCUT2D eigenvalue weighted by molar-refractivity contribution is -0.00639. The fourth-order valence-electron chi connectivity index (χ4n) is 2.34. The van der Waals surface area contributed by atoms with Crippen molar-refractivity contribution in [3.05, 3.63) is 35.4 Å². The fourth-order valence-corrected chi connectivity index (χ4v) is 2.34. The van der Waals surface area contributed by atoms with Crippen LogP contribution >= 0.6 is 0 Å². The molecule has 2 rings (SSSR count). The Bertz CT molecular complexity index is 363. The van der Waals surface area contributed by atoms with E-state index in [0.29, 0.717) is 6.04 Å². The molecule has 0 aromatic heterocycles. The first-order valence-corrected chi connectivity index (χ1v) is 6.73. The van der Waals surface area contributed by atoms with Crippen LogP contribution in [-0.4, -0.2) is 42.4 Å². The van der Waals surface area contributed by atoms with Gasteiger partial charge >= 0.3 is 0 Å². The third-order valence-corrected chi connectivity index (χ3v) is 3.66. The number of ether oxygens (including phenoxy) is 1. The van der Waals surface area contributed by atoms with Gasteiger partial charge in [-0.1, -0.05) is 29.8 Å². The van der Waals surface area contributed by atoms with Gasteiger partial charge in [-0.15, -0.1) is 0 Å². The van der Waals surface area contributed by atoms with Crippen LogP contribution in [0.15, 0.2) is 24.3 Å². The summed E-state index contributed by atoms with van der Waals surface area (Å²) in [4.78, 5) is 2.39. The van der Waals surface area contributed by atoms with Crippen molar-refractivity contribution in [1.82, 2.24) is 4.90 Å². The third kappa shape index (κ3) is 3.55. The highest BCUT2D eigenvalue weighted by molar-refractivity contribution is 5.23. The molecule has 1 saturated heterocycles. The Kier molecular flexibility index (Phi) is 4.75. The molecule has 1 fully saturated rings. The highest BCUT2D eigenvalue weighted by Gasteiger charge is 2.19. The molecule has 0 saturated carbocycles. The lowest BCUT2D eigenvalue weighted by Crippen LogP contribution is -2.44. The molecule has 2 atom stereocenters. The molecule has 100 valence electrons. The Morgan fingerprint density at radius 3 is 2.78 bits per heavy atom. The van der Waals surface area contributed by atoms with Crippen LogP contribution in [0.2, 0.25) is 0 Å². The van der Waals surface area contributed by atoms with Gasteiger partial charge in [0.05, 0.1) is 19.3 Å². The summed E-state index contributed by atoms with van der Waals surface area (Å²) in [5.74, 6) is 0. The lowest BCUT2D eigenvalue weighted by Gasteiger charge is -2.33. The summed E-state index contributed by atoms with van der Waals surface area (Å²) in [5.41, 5.74) is 2.24. The summed E-state index contributed by atoms with van der Waals surface area (Å²) in [6.45, 7) is 7.76. The van der Waals surface area contributed by atoms with Gasteiger partial charge in [0, 0.05) is 19.1 Å². The van der Waals surface area contributed by atoms with Gasteiger partial charge < -0.3 is 9.84 Å². The first kappa shape index (κ1) is 13.5. The second-order valence-electron chi connectivity index (χ2n) is 5.18. The first-order chi connectivity index (χ1) is 8.66. The first-order valence-electron chi connectivity index (χ1n) is 6.73. The summed E-state index contributed by atoms with van der Waals surface area (Å²) in [6, 6.07) is 8.60. The number of nitrogens with zero attached hydrogens (tertiary/aromatic N) is 1. The van der Waals surface area contributed by atoms with Crippen molar-refractivity contribution in [3.63, 3.8) is 0 Å². The Labute approximate surface area is 109 Å². The predicted octanol–water partition coefficient (Wildman–Crippen LogP) is 2.14. The van der Waals surface area contributed by atoms with E-state index in [1.54, 1.807) is 0 Å². The van der Waals surface area contributed by atoms with Gasteiger partial charge in [0.25, 0.3) is 0 Å². The van der Waals surface area contributed by atoms with Gasteiger partial charge in [-0.05, 0) is 25.8 Å². The second-order valence-corrected chi connectivity index (χ2v) is 5.18. The quantitative estimate of drug-likeness (QED) is 0.887. The Morgan fingerprint density at radius 2 is 2.11 bits per heavy atom. The van der Waals surface area contributed by atoms with Crippen LogP contribution in [0.25, 0.3) is 0 Å². The molecule has 0 spiro atoms. The molecule has 1 aromatic carbocycles. The van der Waals surface area contributed by atoms with E-state index in [0.717, 1.165) is 38.3 Å². The van der Waals surface area contributed by atoms with E-state index < -0.39 is 0 Å². The van der Waals surface area contributed by atoms with E-state index in [-0.39, 0.29) is 6.10 Å². The van der Waals surface area contributed by atoms with Gasteiger partial charge in [0.1, 0.15) is 0 Å². The number of benzene rings is 1. The molecule has 1 N–H and O–H groups in total. The van der Waals surface area contributed by atoms with Crippen LogP contribution < -0.4 is 0 Å². The van der Waals surface area contributed by atoms with Crippen molar-refractivity contribution in [2.45, 2.75) is 32.4 Å². The standard InChI is InChI=1S/C15H23NO2/c1-12-3-5-14(6-4-12)15(17)7-8-16-9-10-18-11-13(16)2/h3-6,13,15,17H,7-11H2,1-2H3. The van der Waals surface area contributed by atoms with Gasteiger partial charge in [-0.25, -0.2) is 0 Å². The second kappa shape index (κ2) is 6.32. The number of aryl methyl sites for hydroxylation is 1. The number of aliphatic hydroxyl groups is 1. The molecule has 0 amide bonds. The lowest BCUT2D eigenvalue weighted by atomic mass is 10.0. The molecular weight excluding hydrogens is 226 g/mol. The molecule has 3 nitrogen and oxygen atoms in total. The van der Waals surface area contributed by atoms with Crippen molar-refractivity contribution in [2.75, 3.05) is 26.3 Å². The Hall–Kier alpha value is -0.900. The molecule has 1 aromatic rings. The third-order valence-electron chi connectivity index (χ3n) is 3.66. The smallest absolute Gasteiger partial charge is 0.0802 e. The van der Waals surface area contributed by atoms with Gasteiger partial charge in [-0.2, -0.15) is 0 Å². The highest BCUT2D eigenvalue weighted by Crippen LogP contribution is 2.18. The minimum atomic E-state index is -0.361. The number of rotatable bonds is 4. The molecule has 1 aliphatic rings. The maximum absolute atomic E-state index is 10.2. The summed E-state index contributed by atoms with van der Waals surface area (Å²) in [7, 11) is 0. The van der Waals surface area contributed by atoms with Crippen molar-refractivity contribution < 1.29 is 9.84 Å². The van der Waals surface area contributed by atoms with E-state index in [9.17, 15) is 5.11 Å². The average molecular weight is 249 g/mol. The van der Waals surface area contributed by atoms with Crippen LogP contribution in [0.4, 0.5) is 0 Å². The van der Waals surface area contributed by atoms with Gasteiger partial charge in [0.15, 0.2) is 0 Å². The van der Waals surface area contributed by atoms with Crippen molar-refractivity contribution >= 4 is 0 Å². The van der Waals surface area contributed by atoms with Gasteiger partial charge in [0.2, 0.25) is 0 Å². The molecule has 18 heavy (non-hydrogen) atoms. The summed E-state index contributed by atoms with van der Waals surface area (Å²) >= 11 is 0. The molecule has 1 aliphatic heterocycles. The number of morpholine rings is 1. The molecule has 1 heterocycles. The van der Waals surface area contributed by atoms with E-state index in [1.807, 2.05) is 12.1 Å². The van der Waals surface area contributed by atoms with Crippen molar-refractivity contribution in [1.29, 1.82) is 0 Å². The zero-order valence-electron chi connectivity index (χ0n) is 11.3. The largest absolute Gasteiger partial charge is 0.388 e. The molecule has 3 heteroatoms. The molecular formula is C15H23NO2. The van der Waals surface area contributed by atoms with Crippen LogP contribution in [0.1, 0.15) is 30.6 Å². The molecule has 0 radical (unpaired) electrons. The zero-order valence-corrected chi connectivity index (χ0v) is 11.3. The fraction of sp³-hybridized carbons (Fsp3) is 0.600. The maximum atomic E-state index is 10.2. The number of hydrogen-bond donors (Lipinski definition) is 1. The zero-order chi connectivity index (χ0) is 13.0. The monoisotopic (exact) mass is 249 g/mol. The molecule has 0 aliphatic carbocycles. The van der Waals surface area contributed by atoms with Gasteiger partial charge in [-0.3, -0.25) is 4.90 Å². The number of aliphatic hydroxyl groups excluding tert-OH is 1. The Morgan fingerprint density at radius 1 is 1.39 bits per heavy atom. The summed E-state index contributed by atoms with van der Waals surface area (Å²) in [5, 5.41) is 10.2. The SMILES string of the molecule is Cc1ccc(C(O)CCN2CCOCC2C)cc1. The van der Waals surface area contributed by atoms with Crippen LogP contribution in [0, 0.1) is 6.92 Å². The predicted molar refractivity (Wildman–Crippen MR) is 72.6 cm³/mol. The van der Waals surface area contributed by atoms with E-state index >= 15 is 0 Å². The highest BCUT2D eigenvalue weighted by atomic mass is 16.5. The Balaban J connectivity index is 1.83. The van der Waals surface area contributed by atoms with Crippen LogP contribution in [-0.2, 0) is 4.74 Å². The summed E-state index contributed by atoms with van der Waals surface area (Å²) < 4.78 is 5.41. The minimum absolute atomic E-state index is 0.361.